The van der Waals surface area contributed by atoms with E-state index in [4.69, 9.17) is 4.42 Å². The topological polar surface area (TPSA) is 65.8 Å². The second-order valence-corrected chi connectivity index (χ2v) is 8.28. The smallest absolute Gasteiger partial charge is 0.289 e. The highest BCUT2D eigenvalue weighted by Gasteiger charge is 2.39. The van der Waals surface area contributed by atoms with Gasteiger partial charge in [0.2, 0.25) is 5.91 Å². The van der Waals surface area contributed by atoms with Crippen molar-refractivity contribution in [1.82, 2.24) is 10.2 Å². The quantitative estimate of drug-likeness (QED) is 0.836. The second-order valence-electron chi connectivity index (χ2n) is 8.28. The van der Waals surface area contributed by atoms with Gasteiger partial charge < -0.3 is 19.5 Å². The molecule has 0 unspecified atom stereocenters. The van der Waals surface area contributed by atoms with Crippen LogP contribution < -0.4 is 10.2 Å². The monoisotopic (exact) mass is 415 g/mol. The van der Waals surface area contributed by atoms with E-state index < -0.39 is 0 Å². The average molecular weight is 416 g/mol. The summed E-state index contributed by atoms with van der Waals surface area (Å²) < 4.78 is 5.59. The van der Waals surface area contributed by atoms with Crippen molar-refractivity contribution < 1.29 is 14.0 Å². The van der Waals surface area contributed by atoms with E-state index in [9.17, 15) is 9.59 Å². The van der Waals surface area contributed by atoms with Crippen molar-refractivity contribution >= 4 is 29.9 Å². The number of likely N-dealkylation sites (tertiary alicyclic amines) is 1. The molecule has 1 spiro atoms. The summed E-state index contributed by atoms with van der Waals surface area (Å²) in [6.45, 7) is 4.06. The number of nitrogens with one attached hydrogen (secondary N) is 1. The van der Waals surface area contributed by atoms with Crippen molar-refractivity contribution in [3.05, 3.63) is 53.5 Å². The molecule has 0 saturated carbocycles. The van der Waals surface area contributed by atoms with Gasteiger partial charge in [-0.25, -0.2) is 0 Å². The van der Waals surface area contributed by atoms with E-state index in [2.05, 4.69) is 5.32 Å². The number of halogens is 1. The second kappa shape index (κ2) is 7.84. The van der Waals surface area contributed by atoms with Gasteiger partial charge in [-0.1, -0.05) is 18.2 Å². The molecule has 1 N–H and O–H groups in total. The summed E-state index contributed by atoms with van der Waals surface area (Å²) in [5, 5.41) is 3.46. The third kappa shape index (κ3) is 3.55. The lowest BCUT2D eigenvalue weighted by Crippen LogP contribution is -2.44. The first-order valence-electron chi connectivity index (χ1n) is 10.1. The highest BCUT2D eigenvalue weighted by atomic mass is 35.5. The number of para-hydroxylation sites is 1. The maximum atomic E-state index is 13.1. The number of rotatable bonds is 3. The summed E-state index contributed by atoms with van der Waals surface area (Å²) >= 11 is 0. The van der Waals surface area contributed by atoms with Crippen LogP contribution in [0.2, 0.25) is 0 Å². The standard InChI is InChI=1S/C22H25N3O3.ClH/c26-19-13-16-3-1-2-4-18(16)25(19)14-17-5-12-28-20(17)21(27)24-10-7-22(8-11-24)6-9-23-15-22;/h1-5,12,23H,6-11,13-15H2;1H. The van der Waals surface area contributed by atoms with Gasteiger partial charge in [0.25, 0.3) is 5.91 Å². The first kappa shape index (κ1) is 20.0. The fraction of sp³-hybridized carbons (Fsp3) is 0.455. The van der Waals surface area contributed by atoms with E-state index in [1.807, 2.05) is 35.2 Å². The van der Waals surface area contributed by atoms with Crippen LogP contribution in [0.3, 0.4) is 0 Å². The molecular weight excluding hydrogens is 390 g/mol. The molecule has 1 aromatic heterocycles. The average Bonchev–Trinajstić information content (AvgIpc) is 3.43. The van der Waals surface area contributed by atoms with E-state index >= 15 is 0 Å². The minimum absolute atomic E-state index is 0. The number of carbonyl (C=O) groups excluding carboxylic acids is 2. The highest BCUT2D eigenvalue weighted by Crippen LogP contribution is 2.37. The Morgan fingerprint density at radius 2 is 1.93 bits per heavy atom. The Hall–Kier alpha value is -2.31. The fourth-order valence-electron chi connectivity index (χ4n) is 4.86. The molecule has 0 bridgehead atoms. The Morgan fingerprint density at radius 3 is 2.69 bits per heavy atom. The Labute approximate surface area is 176 Å². The largest absolute Gasteiger partial charge is 0.459 e. The molecule has 6 nitrogen and oxygen atoms in total. The molecule has 5 rings (SSSR count). The van der Waals surface area contributed by atoms with E-state index in [0.717, 1.165) is 55.8 Å². The number of nitrogens with zero attached hydrogens (tertiary/aromatic N) is 2. The van der Waals surface area contributed by atoms with Crippen molar-refractivity contribution in [3.8, 4) is 0 Å². The van der Waals surface area contributed by atoms with Crippen LogP contribution in [0.25, 0.3) is 0 Å². The van der Waals surface area contributed by atoms with Gasteiger partial charge in [0.1, 0.15) is 0 Å². The van der Waals surface area contributed by atoms with Crippen LogP contribution in [0.4, 0.5) is 5.69 Å². The van der Waals surface area contributed by atoms with Gasteiger partial charge in [0.05, 0.1) is 19.2 Å². The summed E-state index contributed by atoms with van der Waals surface area (Å²) in [6.07, 6.45) is 5.26. The molecule has 2 aromatic rings. The van der Waals surface area contributed by atoms with Gasteiger partial charge in [-0.3, -0.25) is 9.59 Å². The number of piperidine rings is 1. The minimum Gasteiger partial charge on any atom is -0.459 e. The van der Waals surface area contributed by atoms with Crippen molar-refractivity contribution in [2.24, 2.45) is 5.41 Å². The molecule has 29 heavy (non-hydrogen) atoms. The Balaban J connectivity index is 0.00000205. The fourth-order valence-corrected chi connectivity index (χ4v) is 4.86. The van der Waals surface area contributed by atoms with Crippen molar-refractivity contribution in [1.29, 1.82) is 0 Å². The van der Waals surface area contributed by atoms with Gasteiger partial charge in [-0.05, 0) is 48.9 Å². The summed E-state index contributed by atoms with van der Waals surface area (Å²) in [5.41, 5.74) is 3.11. The first-order valence-corrected chi connectivity index (χ1v) is 10.1. The van der Waals surface area contributed by atoms with E-state index in [1.54, 1.807) is 11.2 Å². The maximum absolute atomic E-state index is 13.1. The number of furan rings is 1. The predicted molar refractivity (Wildman–Crippen MR) is 112 cm³/mol. The first-order chi connectivity index (χ1) is 13.7. The molecule has 154 valence electrons. The van der Waals surface area contributed by atoms with Crippen LogP contribution >= 0.6 is 12.4 Å². The molecule has 7 heteroatoms. The predicted octanol–water partition coefficient (Wildman–Crippen LogP) is 3.01. The summed E-state index contributed by atoms with van der Waals surface area (Å²) in [4.78, 5) is 29.2. The lowest BCUT2D eigenvalue weighted by molar-refractivity contribution is -0.117. The SMILES string of the molecule is Cl.O=C(c1occc1CN1C(=O)Cc2ccccc21)N1CCC2(CCNC2)CC1. The van der Waals surface area contributed by atoms with Crippen molar-refractivity contribution in [2.45, 2.75) is 32.2 Å². The Morgan fingerprint density at radius 1 is 1.14 bits per heavy atom. The molecule has 4 heterocycles. The normalized spacial score (nSPS) is 20.1. The lowest BCUT2D eigenvalue weighted by Gasteiger charge is -2.38. The Kier molecular flexibility index (Phi) is 5.40. The van der Waals surface area contributed by atoms with Crippen LogP contribution in [0.5, 0.6) is 0 Å². The van der Waals surface area contributed by atoms with Crippen LogP contribution in [0.15, 0.2) is 41.0 Å². The van der Waals surface area contributed by atoms with Gasteiger partial charge in [-0.2, -0.15) is 0 Å². The number of hydrogen-bond donors (Lipinski definition) is 1. The molecule has 0 aliphatic carbocycles. The number of fused-ring (bicyclic) bond motifs is 1. The van der Waals surface area contributed by atoms with Crippen molar-refractivity contribution in [3.63, 3.8) is 0 Å². The van der Waals surface area contributed by atoms with Gasteiger partial charge >= 0.3 is 0 Å². The molecule has 0 radical (unpaired) electrons. The third-order valence-electron chi connectivity index (χ3n) is 6.64. The molecule has 2 saturated heterocycles. The maximum Gasteiger partial charge on any atom is 0.289 e. The van der Waals surface area contributed by atoms with Gasteiger partial charge in [0, 0.05) is 30.9 Å². The van der Waals surface area contributed by atoms with Crippen LogP contribution in [0, 0.1) is 5.41 Å². The van der Waals surface area contributed by atoms with Crippen LogP contribution in [-0.2, 0) is 17.8 Å². The highest BCUT2D eigenvalue weighted by molar-refractivity contribution is 6.01. The lowest BCUT2D eigenvalue weighted by atomic mass is 9.78. The number of hydrogen-bond acceptors (Lipinski definition) is 4. The van der Waals surface area contributed by atoms with E-state index in [1.165, 1.54) is 6.42 Å². The number of anilines is 1. The Bertz CT molecular complexity index is 910. The minimum atomic E-state index is -0.0549. The molecule has 2 amide bonds. The summed E-state index contributed by atoms with van der Waals surface area (Å²) in [6, 6.07) is 9.64. The van der Waals surface area contributed by atoms with Crippen LogP contribution in [-0.4, -0.2) is 42.9 Å². The molecule has 2 fully saturated rings. The molecule has 1 aromatic carbocycles. The molecule has 0 atom stereocenters. The zero-order valence-electron chi connectivity index (χ0n) is 16.4. The van der Waals surface area contributed by atoms with Gasteiger partial charge in [0.15, 0.2) is 5.76 Å². The molecule has 3 aliphatic rings. The van der Waals surface area contributed by atoms with Crippen LogP contribution in [0.1, 0.15) is 40.9 Å². The van der Waals surface area contributed by atoms with Gasteiger partial charge in [-0.15, -0.1) is 12.4 Å². The summed E-state index contributed by atoms with van der Waals surface area (Å²) in [7, 11) is 0. The zero-order chi connectivity index (χ0) is 19.1. The third-order valence-corrected chi connectivity index (χ3v) is 6.64. The number of carbonyl (C=O) groups is 2. The number of benzene rings is 1. The number of amides is 2. The van der Waals surface area contributed by atoms with Crippen molar-refractivity contribution in [2.75, 3.05) is 31.1 Å². The molecular formula is C22H26ClN3O3. The zero-order valence-corrected chi connectivity index (χ0v) is 17.2. The summed E-state index contributed by atoms with van der Waals surface area (Å²) in [5.74, 6) is 0.382. The van der Waals surface area contributed by atoms with E-state index in [0.29, 0.717) is 24.1 Å². The van der Waals surface area contributed by atoms with E-state index in [-0.39, 0.29) is 24.2 Å². The molecule has 3 aliphatic heterocycles.